The molecular formula is C15H16BrClN2O. The quantitative estimate of drug-likeness (QED) is 0.844. The van der Waals surface area contributed by atoms with Gasteiger partial charge in [0.25, 0.3) is 0 Å². The van der Waals surface area contributed by atoms with Crippen molar-refractivity contribution in [3.63, 3.8) is 0 Å². The highest BCUT2D eigenvalue weighted by atomic mass is 79.9. The monoisotopic (exact) mass is 354 g/mol. The molecule has 0 aliphatic heterocycles. The topological polar surface area (TPSA) is 34.1 Å². The van der Waals surface area contributed by atoms with Gasteiger partial charge in [0.2, 0.25) is 0 Å². The van der Waals surface area contributed by atoms with Gasteiger partial charge in [-0.2, -0.15) is 0 Å². The summed E-state index contributed by atoms with van der Waals surface area (Å²) in [7, 11) is 0. The van der Waals surface area contributed by atoms with Crippen LogP contribution in [0.15, 0.2) is 41.0 Å². The first-order valence-electron chi connectivity index (χ1n) is 6.41. The molecule has 0 aliphatic rings. The lowest BCUT2D eigenvalue weighted by Gasteiger charge is -2.08. The minimum Gasteiger partial charge on any atom is -0.486 e. The second-order valence-electron chi connectivity index (χ2n) is 4.30. The number of pyridine rings is 1. The van der Waals surface area contributed by atoms with Crippen LogP contribution < -0.4 is 10.1 Å². The fourth-order valence-electron chi connectivity index (χ4n) is 1.66. The molecule has 2 aromatic rings. The summed E-state index contributed by atoms with van der Waals surface area (Å²) in [6, 6.07) is 9.57. The number of hydrogen-bond acceptors (Lipinski definition) is 3. The molecule has 0 fully saturated rings. The fourth-order valence-corrected chi connectivity index (χ4v) is 2.39. The number of halogens is 2. The van der Waals surface area contributed by atoms with E-state index in [0.717, 1.165) is 28.8 Å². The van der Waals surface area contributed by atoms with Crippen LogP contribution in [0, 0.1) is 0 Å². The van der Waals surface area contributed by atoms with Crippen LogP contribution in [0.2, 0.25) is 5.02 Å². The minimum absolute atomic E-state index is 0.406. The third-order valence-electron chi connectivity index (χ3n) is 2.73. The average Bonchev–Trinajstić information content (AvgIpc) is 2.45. The van der Waals surface area contributed by atoms with Crippen LogP contribution in [0.1, 0.15) is 18.2 Å². The summed E-state index contributed by atoms with van der Waals surface area (Å²) < 4.78 is 6.60. The van der Waals surface area contributed by atoms with E-state index < -0.39 is 0 Å². The Hall–Kier alpha value is -1.10. The molecule has 0 bridgehead atoms. The highest BCUT2D eigenvalue weighted by molar-refractivity contribution is 9.10. The zero-order valence-electron chi connectivity index (χ0n) is 11.2. The van der Waals surface area contributed by atoms with E-state index in [4.69, 9.17) is 16.3 Å². The largest absolute Gasteiger partial charge is 0.486 e. The van der Waals surface area contributed by atoms with Crippen molar-refractivity contribution in [1.29, 1.82) is 0 Å². The lowest BCUT2D eigenvalue weighted by atomic mass is 10.2. The van der Waals surface area contributed by atoms with Crippen LogP contribution >= 0.6 is 27.5 Å². The first-order valence-corrected chi connectivity index (χ1v) is 7.58. The van der Waals surface area contributed by atoms with E-state index in [2.05, 4.69) is 39.2 Å². The van der Waals surface area contributed by atoms with Gasteiger partial charge in [-0.1, -0.05) is 40.5 Å². The molecule has 20 heavy (non-hydrogen) atoms. The van der Waals surface area contributed by atoms with Crippen molar-refractivity contribution >= 4 is 27.5 Å². The van der Waals surface area contributed by atoms with Crippen molar-refractivity contribution in [1.82, 2.24) is 10.3 Å². The molecule has 1 heterocycles. The van der Waals surface area contributed by atoms with Crippen LogP contribution in [-0.4, -0.2) is 11.5 Å². The van der Waals surface area contributed by atoms with E-state index in [9.17, 15) is 0 Å². The smallest absolute Gasteiger partial charge is 0.138 e. The van der Waals surface area contributed by atoms with Crippen molar-refractivity contribution < 1.29 is 4.74 Å². The summed E-state index contributed by atoms with van der Waals surface area (Å²) in [5, 5.41) is 3.85. The zero-order chi connectivity index (χ0) is 14.4. The molecule has 5 heteroatoms. The van der Waals surface area contributed by atoms with Gasteiger partial charge in [-0.05, 0) is 36.4 Å². The Morgan fingerprint density at radius 1 is 1.30 bits per heavy atom. The number of aromatic nitrogens is 1. The molecule has 0 aliphatic carbocycles. The highest BCUT2D eigenvalue weighted by Gasteiger charge is 2.03. The van der Waals surface area contributed by atoms with Gasteiger partial charge < -0.3 is 10.1 Å². The van der Waals surface area contributed by atoms with Crippen LogP contribution in [0.3, 0.4) is 0 Å². The molecule has 0 unspecified atom stereocenters. The van der Waals surface area contributed by atoms with Crippen molar-refractivity contribution in [2.75, 3.05) is 6.54 Å². The second kappa shape index (κ2) is 7.62. The Balaban J connectivity index is 1.93. The molecule has 0 saturated carbocycles. The van der Waals surface area contributed by atoms with E-state index in [1.165, 1.54) is 0 Å². The fraction of sp³-hybridized carbons (Fsp3) is 0.267. The van der Waals surface area contributed by atoms with Crippen LogP contribution in [0.4, 0.5) is 0 Å². The summed E-state index contributed by atoms with van der Waals surface area (Å²) in [4.78, 5) is 4.38. The Morgan fingerprint density at radius 2 is 2.15 bits per heavy atom. The Bertz CT molecular complexity index is 560. The molecular weight excluding hydrogens is 340 g/mol. The van der Waals surface area contributed by atoms with E-state index in [0.29, 0.717) is 17.4 Å². The number of nitrogens with zero attached hydrogens (tertiary/aromatic N) is 1. The van der Waals surface area contributed by atoms with Crippen LogP contribution in [0.5, 0.6) is 5.75 Å². The summed E-state index contributed by atoms with van der Waals surface area (Å²) in [5.74, 6) is 0.661. The van der Waals surface area contributed by atoms with Gasteiger partial charge in [0, 0.05) is 17.2 Å². The summed E-state index contributed by atoms with van der Waals surface area (Å²) in [6.45, 7) is 4.27. The van der Waals surface area contributed by atoms with E-state index in [-0.39, 0.29) is 0 Å². The summed E-state index contributed by atoms with van der Waals surface area (Å²) >= 11 is 9.46. The van der Waals surface area contributed by atoms with Gasteiger partial charge >= 0.3 is 0 Å². The molecule has 3 nitrogen and oxygen atoms in total. The third kappa shape index (κ3) is 4.47. The molecule has 0 radical (unpaired) electrons. The van der Waals surface area contributed by atoms with Gasteiger partial charge in [-0.15, -0.1) is 0 Å². The first-order chi connectivity index (χ1) is 9.69. The molecule has 2 rings (SSSR count). The molecule has 0 atom stereocenters. The maximum absolute atomic E-state index is 6.09. The van der Waals surface area contributed by atoms with Gasteiger partial charge in [0.15, 0.2) is 0 Å². The predicted octanol–water partition coefficient (Wildman–Crippen LogP) is 4.19. The van der Waals surface area contributed by atoms with E-state index in [1.807, 2.05) is 30.5 Å². The second-order valence-corrected chi connectivity index (χ2v) is 5.62. The maximum atomic E-state index is 6.09. The first kappa shape index (κ1) is 15.3. The van der Waals surface area contributed by atoms with Gasteiger partial charge in [0.05, 0.1) is 10.7 Å². The van der Waals surface area contributed by atoms with Crippen molar-refractivity contribution in [2.45, 2.75) is 20.1 Å². The predicted molar refractivity (Wildman–Crippen MR) is 85.1 cm³/mol. The number of ether oxygens (including phenoxy) is 1. The van der Waals surface area contributed by atoms with Crippen LogP contribution in [0.25, 0.3) is 0 Å². The summed E-state index contributed by atoms with van der Waals surface area (Å²) in [5.41, 5.74) is 2.04. The number of benzene rings is 1. The zero-order valence-corrected chi connectivity index (χ0v) is 13.5. The molecule has 1 aromatic heterocycles. The van der Waals surface area contributed by atoms with Gasteiger partial charge in [0.1, 0.15) is 12.4 Å². The Kier molecular flexibility index (Phi) is 5.83. The normalized spacial score (nSPS) is 10.6. The highest BCUT2D eigenvalue weighted by Crippen LogP contribution is 2.28. The maximum Gasteiger partial charge on any atom is 0.138 e. The Labute approximate surface area is 132 Å². The molecule has 1 N–H and O–H groups in total. The summed E-state index contributed by atoms with van der Waals surface area (Å²) in [6.07, 6.45) is 1.87. The van der Waals surface area contributed by atoms with Gasteiger partial charge in [-0.25, -0.2) is 0 Å². The van der Waals surface area contributed by atoms with Crippen molar-refractivity contribution in [3.05, 3.63) is 57.3 Å². The van der Waals surface area contributed by atoms with Gasteiger partial charge in [-0.3, -0.25) is 4.98 Å². The van der Waals surface area contributed by atoms with Crippen LogP contribution in [-0.2, 0) is 13.2 Å². The van der Waals surface area contributed by atoms with Crippen molar-refractivity contribution in [3.8, 4) is 5.75 Å². The lowest BCUT2D eigenvalue weighted by molar-refractivity contribution is 0.301. The minimum atomic E-state index is 0.406. The van der Waals surface area contributed by atoms with E-state index in [1.54, 1.807) is 0 Å². The standard InChI is InChI=1S/C15H16BrClN2O/c1-2-18-8-11-3-5-13(19-9-11)10-20-15-6-4-12(16)7-14(15)17/h3-7,9,18H,2,8,10H2,1H3. The number of nitrogens with one attached hydrogen (secondary N) is 1. The van der Waals surface area contributed by atoms with Crippen molar-refractivity contribution in [2.24, 2.45) is 0 Å². The molecule has 0 saturated heterocycles. The molecule has 0 amide bonds. The molecule has 106 valence electrons. The molecule has 1 aromatic carbocycles. The lowest BCUT2D eigenvalue weighted by Crippen LogP contribution is -2.12. The molecule has 0 spiro atoms. The average molecular weight is 356 g/mol. The van der Waals surface area contributed by atoms with E-state index >= 15 is 0 Å². The number of rotatable bonds is 6. The SMILES string of the molecule is CCNCc1ccc(COc2ccc(Br)cc2Cl)nc1. The number of hydrogen-bond donors (Lipinski definition) is 1. The third-order valence-corrected chi connectivity index (χ3v) is 3.52. The Morgan fingerprint density at radius 3 is 2.80 bits per heavy atom.